The first kappa shape index (κ1) is 16.2. The molecule has 1 atom stereocenters. The van der Waals surface area contributed by atoms with Gasteiger partial charge in [0.2, 0.25) is 0 Å². The lowest BCUT2D eigenvalue weighted by atomic mass is 10.0. The summed E-state index contributed by atoms with van der Waals surface area (Å²) in [5, 5.41) is 11.6. The van der Waals surface area contributed by atoms with Crippen LogP contribution in [0.4, 0.5) is 5.82 Å². The minimum Gasteiger partial charge on any atom is -0.368 e. The summed E-state index contributed by atoms with van der Waals surface area (Å²) in [6, 6.07) is 4.25. The number of rotatable bonds is 6. The molecule has 126 valence electrons. The first-order chi connectivity index (χ1) is 11.1. The van der Waals surface area contributed by atoms with E-state index < -0.39 is 0 Å². The number of amides is 1. The van der Waals surface area contributed by atoms with Crippen molar-refractivity contribution in [3.63, 3.8) is 0 Å². The third-order valence-corrected chi connectivity index (χ3v) is 4.58. The van der Waals surface area contributed by atoms with Crippen molar-refractivity contribution in [3.05, 3.63) is 17.8 Å². The molecular formula is C17H26N4O2. The summed E-state index contributed by atoms with van der Waals surface area (Å²) in [7, 11) is 0. The lowest BCUT2D eigenvalue weighted by Gasteiger charge is -2.34. The molecule has 1 aromatic rings. The van der Waals surface area contributed by atoms with Crippen LogP contribution in [0.2, 0.25) is 0 Å². The Kier molecular flexibility index (Phi) is 5.10. The van der Waals surface area contributed by atoms with Crippen LogP contribution in [0.3, 0.4) is 0 Å². The molecule has 2 heterocycles. The average molecular weight is 318 g/mol. The molecule has 6 heteroatoms. The summed E-state index contributed by atoms with van der Waals surface area (Å²) in [4.78, 5) is 14.3. The van der Waals surface area contributed by atoms with Crippen LogP contribution >= 0.6 is 0 Å². The molecule has 2 fully saturated rings. The molecule has 1 amide bonds. The maximum absolute atomic E-state index is 12.4. The maximum atomic E-state index is 12.4. The van der Waals surface area contributed by atoms with Crippen molar-refractivity contribution in [3.8, 4) is 0 Å². The van der Waals surface area contributed by atoms with E-state index in [4.69, 9.17) is 4.74 Å². The van der Waals surface area contributed by atoms with E-state index in [1.165, 1.54) is 12.8 Å². The molecule has 1 N–H and O–H groups in total. The zero-order valence-electron chi connectivity index (χ0n) is 14.0. The van der Waals surface area contributed by atoms with E-state index in [0.717, 1.165) is 44.0 Å². The zero-order chi connectivity index (χ0) is 16.2. The Balaban J connectivity index is 1.42. The van der Waals surface area contributed by atoms with Gasteiger partial charge in [-0.2, -0.15) is 5.10 Å². The fourth-order valence-electron chi connectivity index (χ4n) is 2.82. The van der Waals surface area contributed by atoms with E-state index in [-0.39, 0.29) is 12.0 Å². The molecule has 0 radical (unpaired) electrons. The zero-order valence-corrected chi connectivity index (χ0v) is 14.0. The van der Waals surface area contributed by atoms with Crippen molar-refractivity contribution in [2.75, 3.05) is 25.0 Å². The van der Waals surface area contributed by atoms with Gasteiger partial charge in [-0.1, -0.05) is 0 Å². The van der Waals surface area contributed by atoms with Crippen molar-refractivity contribution in [2.24, 2.45) is 5.92 Å². The van der Waals surface area contributed by atoms with Crippen molar-refractivity contribution in [2.45, 2.75) is 51.7 Å². The van der Waals surface area contributed by atoms with Gasteiger partial charge < -0.3 is 15.0 Å². The molecule has 2 aliphatic rings. The Labute approximate surface area is 137 Å². The molecule has 3 rings (SSSR count). The van der Waals surface area contributed by atoms with E-state index in [0.29, 0.717) is 12.0 Å². The highest BCUT2D eigenvalue weighted by molar-refractivity contribution is 5.80. The quantitative estimate of drug-likeness (QED) is 0.869. The number of likely N-dealkylation sites (tertiary alicyclic amines) is 1. The van der Waals surface area contributed by atoms with Gasteiger partial charge in [0.25, 0.3) is 5.91 Å². The highest BCUT2D eigenvalue weighted by Gasteiger charge is 2.28. The van der Waals surface area contributed by atoms with Crippen LogP contribution in [0.15, 0.2) is 12.1 Å². The molecule has 1 aliphatic heterocycles. The number of carbonyl (C=O) groups is 1. The van der Waals surface area contributed by atoms with Crippen LogP contribution in [-0.4, -0.2) is 52.8 Å². The third-order valence-electron chi connectivity index (χ3n) is 4.58. The lowest BCUT2D eigenvalue weighted by Crippen LogP contribution is -2.46. The number of ether oxygens (including phenoxy) is 1. The van der Waals surface area contributed by atoms with Crippen molar-refractivity contribution in [1.29, 1.82) is 0 Å². The van der Waals surface area contributed by atoms with E-state index in [1.54, 1.807) is 0 Å². The number of carbonyl (C=O) groups excluding carboxylic acids is 1. The smallest absolute Gasteiger partial charge is 0.251 e. The molecule has 0 unspecified atom stereocenters. The topological polar surface area (TPSA) is 67.4 Å². The second-order valence-corrected chi connectivity index (χ2v) is 6.72. The lowest BCUT2D eigenvalue weighted by molar-refractivity contribution is -0.143. The predicted molar refractivity (Wildman–Crippen MR) is 88.1 cm³/mol. The Bertz CT molecular complexity index is 522. The van der Waals surface area contributed by atoms with Crippen LogP contribution in [-0.2, 0) is 9.53 Å². The summed E-state index contributed by atoms with van der Waals surface area (Å²) in [6.45, 7) is 6.07. The second kappa shape index (κ2) is 7.25. The van der Waals surface area contributed by atoms with Crippen LogP contribution in [0, 0.1) is 12.8 Å². The van der Waals surface area contributed by atoms with E-state index in [9.17, 15) is 4.79 Å². The highest BCUT2D eigenvalue weighted by atomic mass is 16.5. The molecule has 1 aromatic heterocycles. The Morgan fingerprint density at radius 2 is 2.04 bits per heavy atom. The number of nitrogens with one attached hydrogen (secondary N) is 1. The summed E-state index contributed by atoms with van der Waals surface area (Å²) >= 11 is 0. The SMILES string of the molecule is Cc1ccc(NC2CCN(C(=O)[C@@H](C)OCC3CC3)CC2)nn1. The number of nitrogens with zero attached hydrogens (tertiary/aromatic N) is 3. The van der Waals surface area contributed by atoms with Gasteiger partial charge >= 0.3 is 0 Å². The summed E-state index contributed by atoms with van der Waals surface area (Å²) in [5.74, 6) is 1.62. The van der Waals surface area contributed by atoms with Gasteiger partial charge in [-0.15, -0.1) is 5.10 Å². The maximum Gasteiger partial charge on any atom is 0.251 e. The summed E-state index contributed by atoms with van der Waals surface area (Å²) < 4.78 is 5.69. The molecule has 0 bridgehead atoms. The first-order valence-corrected chi connectivity index (χ1v) is 8.59. The monoisotopic (exact) mass is 318 g/mol. The molecule has 1 aliphatic carbocycles. The van der Waals surface area contributed by atoms with Crippen LogP contribution < -0.4 is 5.32 Å². The summed E-state index contributed by atoms with van der Waals surface area (Å²) in [6.07, 6.45) is 4.04. The molecular weight excluding hydrogens is 292 g/mol. The Hall–Kier alpha value is -1.69. The van der Waals surface area contributed by atoms with E-state index in [2.05, 4.69) is 15.5 Å². The van der Waals surface area contributed by atoms with Crippen LogP contribution in [0.5, 0.6) is 0 Å². The minimum absolute atomic E-state index is 0.124. The molecule has 0 spiro atoms. The van der Waals surface area contributed by atoms with Crippen molar-refractivity contribution >= 4 is 11.7 Å². The van der Waals surface area contributed by atoms with Crippen molar-refractivity contribution in [1.82, 2.24) is 15.1 Å². The minimum atomic E-state index is -0.317. The fourth-order valence-corrected chi connectivity index (χ4v) is 2.82. The third kappa shape index (κ3) is 4.64. The largest absolute Gasteiger partial charge is 0.368 e. The van der Waals surface area contributed by atoms with E-state index >= 15 is 0 Å². The first-order valence-electron chi connectivity index (χ1n) is 8.59. The van der Waals surface area contributed by atoms with Gasteiger partial charge in [-0.25, -0.2) is 0 Å². The number of anilines is 1. The molecule has 1 saturated carbocycles. The average Bonchev–Trinajstić information content (AvgIpc) is 3.39. The number of hydrogen-bond acceptors (Lipinski definition) is 5. The van der Waals surface area contributed by atoms with Crippen molar-refractivity contribution < 1.29 is 9.53 Å². The van der Waals surface area contributed by atoms with Gasteiger partial charge in [0.15, 0.2) is 0 Å². The number of piperidine rings is 1. The van der Waals surface area contributed by atoms with Gasteiger partial charge in [0, 0.05) is 19.1 Å². The number of aryl methyl sites for hydroxylation is 1. The number of hydrogen-bond donors (Lipinski definition) is 1. The molecule has 23 heavy (non-hydrogen) atoms. The Morgan fingerprint density at radius 3 is 2.65 bits per heavy atom. The van der Waals surface area contributed by atoms with Gasteiger partial charge in [0.1, 0.15) is 11.9 Å². The molecule has 6 nitrogen and oxygen atoms in total. The fraction of sp³-hybridized carbons (Fsp3) is 0.706. The van der Waals surface area contributed by atoms with Gasteiger partial charge in [-0.05, 0) is 57.6 Å². The predicted octanol–water partition coefficient (Wildman–Crippen LogP) is 2.00. The Morgan fingerprint density at radius 1 is 1.30 bits per heavy atom. The number of aromatic nitrogens is 2. The van der Waals surface area contributed by atoms with E-state index in [1.807, 2.05) is 30.9 Å². The standard InChI is InChI=1S/C17H26N4O2/c1-12-3-6-16(20-19-12)18-15-7-9-21(10-8-15)17(22)13(2)23-11-14-4-5-14/h3,6,13-15H,4-5,7-11H2,1-2H3,(H,18,20)/t13-/m1/s1. The molecule has 1 saturated heterocycles. The second-order valence-electron chi connectivity index (χ2n) is 6.72. The highest BCUT2D eigenvalue weighted by Crippen LogP contribution is 2.29. The molecule has 0 aromatic carbocycles. The van der Waals surface area contributed by atoms with Gasteiger partial charge in [0.05, 0.1) is 12.3 Å². The van der Waals surface area contributed by atoms with Crippen LogP contribution in [0.25, 0.3) is 0 Å². The normalized spacial score (nSPS) is 20.3. The summed E-state index contributed by atoms with van der Waals surface area (Å²) in [5.41, 5.74) is 0.913. The van der Waals surface area contributed by atoms with Gasteiger partial charge in [-0.3, -0.25) is 4.79 Å². The van der Waals surface area contributed by atoms with Crippen LogP contribution in [0.1, 0.15) is 38.3 Å².